The zero-order valence-electron chi connectivity index (χ0n) is 5.94. The molecule has 0 heterocycles. The molecule has 0 aromatic rings. The Labute approximate surface area is 56.3 Å². The average molecular weight is 121 g/mol. The molecule has 0 aliphatic carbocycles. The normalized spacial score (nSPS) is 10.6. The number of allylic oxidation sites excluding steroid dienone is 3. The van der Waals surface area contributed by atoms with Gasteiger partial charge in [-0.2, -0.15) is 5.26 Å². The lowest BCUT2D eigenvalue weighted by molar-refractivity contribution is 1.20. The Morgan fingerprint density at radius 1 is 1.78 bits per heavy atom. The van der Waals surface area contributed by atoms with Crippen LogP contribution in [-0.2, 0) is 0 Å². The molecular formula is C8H11N. The van der Waals surface area contributed by atoms with Crippen molar-refractivity contribution in [2.75, 3.05) is 0 Å². The average Bonchev–Trinajstić information content (AvgIpc) is 1.82. The third kappa shape index (κ3) is 2.71. The highest BCUT2D eigenvalue weighted by Gasteiger charge is 1.91. The van der Waals surface area contributed by atoms with Gasteiger partial charge in [0.1, 0.15) is 0 Å². The second-order valence-electron chi connectivity index (χ2n) is 1.92. The number of rotatable bonds is 2. The molecule has 0 saturated heterocycles. The van der Waals surface area contributed by atoms with Crippen LogP contribution in [0.15, 0.2) is 23.8 Å². The van der Waals surface area contributed by atoms with E-state index in [1.54, 1.807) is 0 Å². The first kappa shape index (κ1) is 7.97. The minimum Gasteiger partial charge on any atom is -0.192 e. The summed E-state index contributed by atoms with van der Waals surface area (Å²) in [5, 5.41) is 8.45. The summed E-state index contributed by atoms with van der Waals surface area (Å²) >= 11 is 0. The minimum absolute atomic E-state index is 0.706. The molecule has 9 heavy (non-hydrogen) atoms. The van der Waals surface area contributed by atoms with Gasteiger partial charge in [-0.25, -0.2) is 0 Å². The van der Waals surface area contributed by atoms with Crippen molar-refractivity contribution in [2.24, 2.45) is 0 Å². The number of hydrogen-bond acceptors (Lipinski definition) is 1. The van der Waals surface area contributed by atoms with Gasteiger partial charge in [0.15, 0.2) is 0 Å². The fraction of sp³-hybridized carbons (Fsp3) is 0.375. The topological polar surface area (TPSA) is 23.8 Å². The van der Waals surface area contributed by atoms with Gasteiger partial charge in [-0.3, -0.25) is 0 Å². The molecule has 0 radical (unpaired) electrons. The van der Waals surface area contributed by atoms with Crippen LogP contribution in [0.2, 0.25) is 0 Å². The van der Waals surface area contributed by atoms with Crippen molar-refractivity contribution in [2.45, 2.75) is 20.3 Å². The van der Waals surface area contributed by atoms with E-state index in [2.05, 4.69) is 12.6 Å². The lowest BCUT2D eigenvalue weighted by Gasteiger charge is -1.91. The molecule has 0 unspecified atom stereocenters. The molecule has 0 bridgehead atoms. The SMILES string of the molecule is C=C(C)/C(C#N)=C/CC. The molecule has 0 aliphatic heterocycles. The van der Waals surface area contributed by atoms with Gasteiger partial charge in [0.25, 0.3) is 0 Å². The van der Waals surface area contributed by atoms with Gasteiger partial charge in [0, 0.05) is 0 Å². The Kier molecular flexibility index (Phi) is 3.46. The monoisotopic (exact) mass is 121 g/mol. The minimum atomic E-state index is 0.706. The second-order valence-corrected chi connectivity index (χ2v) is 1.92. The maximum absolute atomic E-state index is 8.45. The van der Waals surface area contributed by atoms with Gasteiger partial charge >= 0.3 is 0 Å². The van der Waals surface area contributed by atoms with Gasteiger partial charge in [0.05, 0.1) is 11.6 Å². The lowest BCUT2D eigenvalue weighted by Crippen LogP contribution is -1.77. The third-order valence-electron chi connectivity index (χ3n) is 0.988. The van der Waals surface area contributed by atoms with E-state index >= 15 is 0 Å². The molecule has 0 amide bonds. The zero-order chi connectivity index (χ0) is 7.28. The van der Waals surface area contributed by atoms with E-state index in [9.17, 15) is 0 Å². The van der Waals surface area contributed by atoms with Crippen molar-refractivity contribution in [1.82, 2.24) is 0 Å². The van der Waals surface area contributed by atoms with E-state index in [1.807, 2.05) is 19.9 Å². The summed E-state index contributed by atoms with van der Waals surface area (Å²) < 4.78 is 0. The van der Waals surface area contributed by atoms with Gasteiger partial charge in [0.2, 0.25) is 0 Å². The molecule has 1 nitrogen and oxygen atoms in total. The van der Waals surface area contributed by atoms with E-state index in [0.29, 0.717) is 5.57 Å². The Morgan fingerprint density at radius 3 is 2.44 bits per heavy atom. The Balaban J connectivity index is 4.20. The molecule has 48 valence electrons. The van der Waals surface area contributed by atoms with Crippen molar-refractivity contribution in [3.05, 3.63) is 23.8 Å². The first-order valence-corrected chi connectivity index (χ1v) is 2.98. The maximum atomic E-state index is 8.45. The molecule has 0 fully saturated rings. The zero-order valence-corrected chi connectivity index (χ0v) is 5.94. The number of nitrogens with zero attached hydrogens (tertiary/aromatic N) is 1. The van der Waals surface area contributed by atoms with Crippen LogP contribution >= 0.6 is 0 Å². The van der Waals surface area contributed by atoms with E-state index in [0.717, 1.165) is 12.0 Å². The van der Waals surface area contributed by atoms with E-state index in [-0.39, 0.29) is 0 Å². The standard InChI is InChI=1S/C8H11N/c1-4-5-8(6-9)7(2)3/h5H,2,4H2,1,3H3/b8-5+. The summed E-state index contributed by atoms with van der Waals surface area (Å²) in [7, 11) is 0. The molecule has 0 N–H and O–H groups in total. The Morgan fingerprint density at radius 2 is 2.33 bits per heavy atom. The van der Waals surface area contributed by atoms with Crippen molar-refractivity contribution < 1.29 is 0 Å². The van der Waals surface area contributed by atoms with Gasteiger partial charge in [-0.1, -0.05) is 19.6 Å². The molecule has 0 rings (SSSR count). The van der Waals surface area contributed by atoms with E-state index in [4.69, 9.17) is 5.26 Å². The van der Waals surface area contributed by atoms with Gasteiger partial charge in [-0.05, 0) is 18.9 Å². The van der Waals surface area contributed by atoms with Gasteiger partial charge < -0.3 is 0 Å². The van der Waals surface area contributed by atoms with Crippen molar-refractivity contribution >= 4 is 0 Å². The van der Waals surface area contributed by atoms with Crippen LogP contribution in [0.25, 0.3) is 0 Å². The highest BCUT2D eigenvalue weighted by molar-refractivity contribution is 5.38. The van der Waals surface area contributed by atoms with E-state index < -0.39 is 0 Å². The van der Waals surface area contributed by atoms with Crippen LogP contribution in [-0.4, -0.2) is 0 Å². The quantitative estimate of drug-likeness (QED) is 0.406. The highest BCUT2D eigenvalue weighted by atomic mass is 14.2. The van der Waals surface area contributed by atoms with Crippen LogP contribution in [0.1, 0.15) is 20.3 Å². The molecule has 0 aliphatic rings. The maximum Gasteiger partial charge on any atom is 0.0990 e. The summed E-state index contributed by atoms with van der Waals surface area (Å²) in [5.41, 5.74) is 1.55. The summed E-state index contributed by atoms with van der Waals surface area (Å²) in [5.74, 6) is 0. The van der Waals surface area contributed by atoms with Crippen molar-refractivity contribution in [3.8, 4) is 6.07 Å². The Bertz CT molecular complexity index is 169. The van der Waals surface area contributed by atoms with Gasteiger partial charge in [-0.15, -0.1) is 0 Å². The summed E-state index contributed by atoms with van der Waals surface area (Å²) in [6.07, 6.45) is 2.78. The van der Waals surface area contributed by atoms with Crippen LogP contribution in [0.3, 0.4) is 0 Å². The first-order chi connectivity index (χ1) is 4.22. The predicted octanol–water partition coefficient (Wildman–Crippen LogP) is 2.42. The molecule has 1 heteroatoms. The smallest absolute Gasteiger partial charge is 0.0990 e. The highest BCUT2D eigenvalue weighted by Crippen LogP contribution is 2.04. The second kappa shape index (κ2) is 3.91. The van der Waals surface area contributed by atoms with Crippen molar-refractivity contribution in [3.63, 3.8) is 0 Å². The lowest BCUT2D eigenvalue weighted by atomic mass is 10.1. The fourth-order valence-corrected chi connectivity index (χ4v) is 0.519. The van der Waals surface area contributed by atoms with Crippen LogP contribution in [0.4, 0.5) is 0 Å². The molecule has 0 aromatic carbocycles. The van der Waals surface area contributed by atoms with E-state index in [1.165, 1.54) is 0 Å². The summed E-state index contributed by atoms with van der Waals surface area (Å²) in [6, 6.07) is 2.06. The number of hydrogen-bond donors (Lipinski definition) is 0. The van der Waals surface area contributed by atoms with Crippen molar-refractivity contribution in [1.29, 1.82) is 5.26 Å². The summed E-state index contributed by atoms with van der Waals surface area (Å²) in [6.45, 7) is 7.49. The molecule has 0 spiro atoms. The van der Waals surface area contributed by atoms with Crippen LogP contribution in [0, 0.1) is 11.3 Å². The largest absolute Gasteiger partial charge is 0.192 e. The predicted molar refractivity (Wildman–Crippen MR) is 38.8 cm³/mol. The Hall–Kier alpha value is -1.03. The fourth-order valence-electron chi connectivity index (χ4n) is 0.519. The third-order valence-corrected chi connectivity index (χ3v) is 0.988. The molecular weight excluding hydrogens is 110 g/mol. The number of nitriles is 1. The molecule has 0 saturated carbocycles. The summed E-state index contributed by atoms with van der Waals surface area (Å²) in [4.78, 5) is 0. The molecule has 0 aromatic heterocycles. The van der Waals surface area contributed by atoms with Crippen LogP contribution < -0.4 is 0 Å². The first-order valence-electron chi connectivity index (χ1n) is 2.98. The van der Waals surface area contributed by atoms with Crippen LogP contribution in [0.5, 0.6) is 0 Å². The molecule has 0 atom stereocenters.